The van der Waals surface area contributed by atoms with Gasteiger partial charge < -0.3 is 9.80 Å². The number of rotatable bonds is 3. The number of hydrogen-bond donors (Lipinski definition) is 0. The lowest BCUT2D eigenvalue weighted by Crippen LogP contribution is -2.65. The Hall–Kier alpha value is -4.24. The van der Waals surface area contributed by atoms with Gasteiger partial charge in [0.1, 0.15) is 0 Å². The van der Waals surface area contributed by atoms with Crippen LogP contribution in [0, 0.1) is 0 Å². The van der Waals surface area contributed by atoms with E-state index in [1.807, 2.05) is 0 Å². The number of fused-ring (bicyclic) bond motifs is 8. The van der Waals surface area contributed by atoms with Gasteiger partial charge in [0.25, 0.3) is 6.71 Å². The van der Waals surface area contributed by atoms with Crippen molar-refractivity contribution in [1.29, 1.82) is 0 Å². The van der Waals surface area contributed by atoms with Crippen LogP contribution in [0.3, 0.4) is 0 Å². The molecular weight excluding hydrogens is 567 g/mol. The molecule has 0 radical (unpaired) electrons. The number of hydrogen-bond acceptors (Lipinski definition) is 2. The molecule has 0 aromatic heterocycles. The topological polar surface area (TPSA) is 6.48 Å². The highest BCUT2D eigenvalue weighted by atomic mass is 15.3. The smallest absolute Gasteiger partial charge is 0.252 e. The minimum atomic E-state index is 0.00680. The molecule has 2 atom stereocenters. The molecule has 5 aromatic carbocycles. The second-order valence-electron chi connectivity index (χ2n) is 15.4. The summed E-state index contributed by atoms with van der Waals surface area (Å²) in [6, 6.07) is 42.4. The van der Waals surface area contributed by atoms with Crippen molar-refractivity contribution in [2.24, 2.45) is 0 Å². The van der Waals surface area contributed by atoms with Gasteiger partial charge in [0.2, 0.25) is 0 Å². The lowest BCUT2D eigenvalue weighted by atomic mass is 9.33. The molecule has 5 aliphatic rings. The minimum absolute atomic E-state index is 0.00680. The van der Waals surface area contributed by atoms with Gasteiger partial charge in [0.05, 0.1) is 5.54 Å². The highest BCUT2D eigenvalue weighted by Gasteiger charge is 2.62. The highest BCUT2D eigenvalue weighted by molar-refractivity contribution is 7.00. The fraction of sp³-hybridized carbons (Fsp3) is 0.318. The molecule has 3 heteroatoms. The van der Waals surface area contributed by atoms with Crippen LogP contribution >= 0.6 is 0 Å². The average Bonchev–Trinajstić information content (AvgIpc) is 3.35. The Balaban J connectivity index is 1.36. The zero-order valence-electron chi connectivity index (χ0n) is 27.8. The van der Waals surface area contributed by atoms with Crippen molar-refractivity contribution in [2.75, 3.05) is 9.80 Å². The molecule has 232 valence electrons. The second-order valence-corrected chi connectivity index (χ2v) is 15.4. The Bertz CT molecular complexity index is 2040. The molecule has 0 amide bonds. The molecule has 0 bridgehead atoms. The predicted molar refractivity (Wildman–Crippen MR) is 200 cm³/mol. The molecule has 3 aliphatic heterocycles. The van der Waals surface area contributed by atoms with Crippen molar-refractivity contribution in [2.45, 2.75) is 88.6 Å². The van der Waals surface area contributed by atoms with Crippen LogP contribution in [0.1, 0.15) is 77.2 Å². The van der Waals surface area contributed by atoms with Gasteiger partial charge in [-0.3, -0.25) is 0 Å². The van der Waals surface area contributed by atoms with E-state index in [0.717, 1.165) is 0 Å². The Labute approximate surface area is 280 Å². The summed E-state index contributed by atoms with van der Waals surface area (Å²) in [6.07, 6.45) is 11.6. The predicted octanol–water partition coefficient (Wildman–Crippen LogP) is 9.38. The first-order valence-corrected chi connectivity index (χ1v) is 18.2. The molecule has 2 aliphatic carbocycles. The summed E-state index contributed by atoms with van der Waals surface area (Å²) in [6.45, 7) is 5.48. The van der Waals surface area contributed by atoms with E-state index < -0.39 is 0 Å². The second kappa shape index (κ2) is 10.1. The molecule has 0 spiro atoms. The molecule has 2 nitrogen and oxygen atoms in total. The van der Waals surface area contributed by atoms with Crippen molar-refractivity contribution in [3.63, 3.8) is 0 Å². The largest absolute Gasteiger partial charge is 0.339 e. The summed E-state index contributed by atoms with van der Waals surface area (Å²) in [4.78, 5) is 5.71. The molecule has 0 saturated heterocycles. The summed E-state index contributed by atoms with van der Waals surface area (Å²) in [5.41, 5.74) is 17.5. The number of anilines is 4. The molecule has 2 fully saturated rings. The van der Waals surface area contributed by atoms with Crippen molar-refractivity contribution in [3.05, 3.63) is 115 Å². The SMILES string of the molecule is CC12CCCCC1(C)N1c3ccccc3B3c4ccccc4N(C4CCCCC4)c4cc(-c5ccccc5-c5ccccc5)c2c1c43. The van der Waals surface area contributed by atoms with Crippen molar-refractivity contribution >= 4 is 45.9 Å². The van der Waals surface area contributed by atoms with Crippen LogP contribution in [0.4, 0.5) is 22.7 Å². The van der Waals surface area contributed by atoms with E-state index in [1.165, 1.54) is 114 Å². The van der Waals surface area contributed by atoms with Gasteiger partial charge in [-0.1, -0.05) is 130 Å². The third-order valence-electron chi connectivity index (χ3n) is 13.2. The summed E-state index contributed by atoms with van der Waals surface area (Å²) in [5.74, 6) is 0. The first-order valence-electron chi connectivity index (χ1n) is 18.2. The van der Waals surface area contributed by atoms with Crippen LogP contribution in [0.5, 0.6) is 0 Å². The van der Waals surface area contributed by atoms with Crippen LogP contribution < -0.4 is 26.2 Å². The van der Waals surface area contributed by atoms with Crippen LogP contribution in [0.15, 0.2) is 109 Å². The fourth-order valence-corrected chi connectivity index (χ4v) is 10.9. The maximum absolute atomic E-state index is 2.88. The number of para-hydroxylation sites is 2. The summed E-state index contributed by atoms with van der Waals surface area (Å²) >= 11 is 0. The van der Waals surface area contributed by atoms with Crippen LogP contribution in [-0.4, -0.2) is 18.3 Å². The van der Waals surface area contributed by atoms with Gasteiger partial charge in [-0.2, -0.15) is 0 Å². The maximum Gasteiger partial charge on any atom is 0.252 e. The first kappa shape index (κ1) is 27.8. The van der Waals surface area contributed by atoms with Gasteiger partial charge in [-0.15, -0.1) is 0 Å². The average molecular weight is 611 g/mol. The number of benzene rings is 5. The molecule has 0 N–H and O–H groups in total. The summed E-state index contributed by atoms with van der Waals surface area (Å²) < 4.78 is 0. The zero-order valence-corrected chi connectivity index (χ0v) is 27.8. The molecular formula is C44H43BN2. The lowest BCUT2D eigenvalue weighted by molar-refractivity contribution is 0.195. The Morgan fingerprint density at radius 2 is 1.23 bits per heavy atom. The van der Waals surface area contributed by atoms with Crippen molar-refractivity contribution in [3.8, 4) is 22.3 Å². The third kappa shape index (κ3) is 3.64. The van der Waals surface area contributed by atoms with Crippen molar-refractivity contribution in [1.82, 2.24) is 0 Å². The minimum Gasteiger partial charge on any atom is -0.339 e. The molecule has 2 unspecified atom stereocenters. The van der Waals surface area contributed by atoms with E-state index >= 15 is 0 Å². The van der Waals surface area contributed by atoms with E-state index in [9.17, 15) is 0 Å². The van der Waals surface area contributed by atoms with E-state index in [1.54, 1.807) is 11.0 Å². The Morgan fingerprint density at radius 1 is 0.596 bits per heavy atom. The lowest BCUT2D eigenvalue weighted by Gasteiger charge is -2.52. The van der Waals surface area contributed by atoms with E-state index in [0.29, 0.717) is 6.04 Å². The first-order chi connectivity index (χ1) is 23.1. The quantitative estimate of drug-likeness (QED) is 0.188. The molecule has 10 rings (SSSR count). The summed E-state index contributed by atoms with van der Waals surface area (Å²) in [7, 11) is 0. The van der Waals surface area contributed by atoms with E-state index in [4.69, 9.17) is 0 Å². The fourth-order valence-electron chi connectivity index (χ4n) is 10.9. The van der Waals surface area contributed by atoms with Gasteiger partial charge in [0, 0.05) is 34.2 Å². The summed E-state index contributed by atoms with van der Waals surface area (Å²) in [5, 5.41) is 0. The van der Waals surface area contributed by atoms with E-state index in [-0.39, 0.29) is 17.7 Å². The van der Waals surface area contributed by atoms with Crippen LogP contribution in [0.25, 0.3) is 22.3 Å². The molecule has 5 aromatic rings. The van der Waals surface area contributed by atoms with Gasteiger partial charge in [0.15, 0.2) is 0 Å². The Kier molecular flexibility index (Phi) is 6.00. The van der Waals surface area contributed by atoms with Crippen LogP contribution in [0.2, 0.25) is 0 Å². The standard InChI is InChI=1S/C44H43BN2/c1-43-27-15-16-28-44(43,2)47-38-26-14-12-24-36(38)45-35-23-11-13-25-37(35)46(31-19-7-4-8-20-31)39-29-34(40(43)42(47)41(39)45)33-22-10-9-21-32(33)30-17-5-3-6-18-30/h3,5-6,9-14,17-18,21-26,29,31H,4,7-8,15-16,19-20,27-28H2,1-2H3. The van der Waals surface area contributed by atoms with Gasteiger partial charge >= 0.3 is 0 Å². The van der Waals surface area contributed by atoms with Gasteiger partial charge in [-0.05, 0) is 95.0 Å². The molecule has 2 saturated carbocycles. The Morgan fingerprint density at radius 3 is 2.02 bits per heavy atom. The molecule has 3 heterocycles. The van der Waals surface area contributed by atoms with Crippen molar-refractivity contribution < 1.29 is 0 Å². The monoisotopic (exact) mass is 610 g/mol. The third-order valence-corrected chi connectivity index (χ3v) is 13.2. The normalized spacial score (nSPS) is 24.0. The number of nitrogens with zero attached hydrogens (tertiary/aromatic N) is 2. The zero-order chi connectivity index (χ0) is 31.3. The highest BCUT2D eigenvalue weighted by Crippen LogP contribution is 2.64. The maximum atomic E-state index is 2.88. The molecule has 47 heavy (non-hydrogen) atoms. The van der Waals surface area contributed by atoms with E-state index in [2.05, 4.69) is 133 Å². The van der Waals surface area contributed by atoms with Crippen LogP contribution in [-0.2, 0) is 5.41 Å². The van der Waals surface area contributed by atoms with Gasteiger partial charge in [-0.25, -0.2) is 0 Å².